The minimum absolute atomic E-state index is 0.0424. The lowest BCUT2D eigenvalue weighted by atomic mass is 10.0. The number of allylic oxidation sites excluding steroid dienone is 2. The fourth-order valence-electron chi connectivity index (χ4n) is 6.06. The molecule has 44 heavy (non-hydrogen) atoms. The van der Waals surface area contributed by atoms with Gasteiger partial charge in [-0.2, -0.15) is 0 Å². The van der Waals surface area contributed by atoms with Crippen LogP contribution in [0.15, 0.2) is 12.2 Å². The van der Waals surface area contributed by atoms with E-state index in [1.54, 1.807) is 0 Å². The maximum atomic E-state index is 12.6. The number of carbonyl (C=O) groups excluding carboxylic acids is 1. The Morgan fingerprint density at radius 2 is 0.818 bits per heavy atom. The molecule has 0 rings (SSSR count). The Kier molecular flexibility index (Phi) is 35.1. The molecule has 4 heteroatoms. The molecule has 0 spiro atoms. The third-order valence-corrected chi connectivity index (χ3v) is 8.99. The lowest BCUT2D eigenvalue weighted by Crippen LogP contribution is -2.18. The fraction of sp³-hybridized carbons (Fsp3) is 0.900. The number of rotatable bonds is 36. The van der Waals surface area contributed by atoms with Crippen molar-refractivity contribution in [2.75, 3.05) is 0 Å². The summed E-state index contributed by atoms with van der Waals surface area (Å²) in [7, 11) is 0. The van der Waals surface area contributed by atoms with Gasteiger partial charge in [0.05, 0.1) is 0 Å². The molecule has 1 unspecified atom stereocenters. The lowest BCUT2D eigenvalue weighted by Gasteiger charge is -2.18. The summed E-state index contributed by atoms with van der Waals surface area (Å²) in [6.07, 6.45) is 43.7. The molecule has 0 radical (unpaired) electrons. The molecule has 4 nitrogen and oxygen atoms in total. The van der Waals surface area contributed by atoms with Crippen molar-refractivity contribution >= 4 is 11.9 Å². The zero-order chi connectivity index (χ0) is 32.2. The van der Waals surface area contributed by atoms with E-state index in [1.807, 2.05) is 0 Å². The van der Waals surface area contributed by atoms with Gasteiger partial charge in [-0.3, -0.25) is 9.59 Å². The van der Waals surface area contributed by atoms with Crippen LogP contribution < -0.4 is 0 Å². The molecule has 1 N–H and O–H groups in total. The van der Waals surface area contributed by atoms with Gasteiger partial charge in [-0.25, -0.2) is 0 Å². The molecule has 0 aliphatic rings. The number of carbonyl (C=O) groups is 2. The van der Waals surface area contributed by atoms with Gasteiger partial charge in [0, 0.05) is 12.8 Å². The number of aliphatic carboxylic acids is 1. The van der Waals surface area contributed by atoms with Crippen LogP contribution in [0.2, 0.25) is 0 Å². The molecule has 0 aromatic carbocycles. The third-order valence-electron chi connectivity index (χ3n) is 8.99. The SMILES string of the molecule is CCCCCCCC/C=C\CCCCCCCCCC(=O)OC(CCCCCCCCCCCCCC)CCCCC(=O)O. The van der Waals surface area contributed by atoms with E-state index in [2.05, 4.69) is 26.0 Å². The van der Waals surface area contributed by atoms with Crippen molar-refractivity contribution in [3.63, 3.8) is 0 Å². The molecule has 0 aliphatic heterocycles. The number of carboxylic acid groups (broad SMARTS) is 1. The highest BCUT2D eigenvalue weighted by Gasteiger charge is 2.14. The summed E-state index contributed by atoms with van der Waals surface area (Å²) in [5, 5.41) is 8.94. The second-order valence-electron chi connectivity index (χ2n) is 13.5. The fourth-order valence-corrected chi connectivity index (χ4v) is 6.06. The second kappa shape index (κ2) is 36.2. The van der Waals surface area contributed by atoms with Crippen molar-refractivity contribution in [3.05, 3.63) is 12.2 Å². The predicted molar refractivity (Wildman–Crippen MR) is 190 cm³/mol. The molecular formula is C40H76O4. The Labute approximate surface area is 275 Å². The van der Waals surface area contributed by atoms with E-state index in [9.17, 15) is 9.59 Å². The first-order valence-corrected chi connectivity index (χ1v) is 19.7. The molecular weight excluding hydrogens is 544 g/mol. The molecule has 260 valence electrons. The van der Waals surface area contributed by atoms with Crippen molar-refractivity contribution in [3.8, 4) is 0 Å². The lowest BCUT2D eigenvalue weighted by molar-refractivity contribution is -0.150. The van der Waals surface area contributed by atoms with E-state index in [0.717, 1.165) is 38.5 Å². The molecule has 0 saturated carbocycles. The van der Waals surface area contributed by atoms with Crippen molar-refractivity contribution in [2.24, 2.45) is 0 Å². The van der Waals surface area contributed by atoms with Crippen molar-refractivity contribution in [1.82, 2.24) is 0 Å². The zero-order valence-electron chi connectivity index (χ0n) is 29.7. The van der Waals surface area contributed by atoms with Gasteiger partial charge in [0.25, 0.3) is 0 Å². The highest BCUT2D eigenvalue weighted by Crippen LogP contribution is 2.18. The van der Waals surface area contributed by atoms with E-state index in [-0.39, 0.29) is 18.5 Å². The Hall–Kier alpha value is -1.32. The van der Waals surface area contributed by atoms with E-state index in [0.29, 0.717) is 12.8 Å². The molecule has 0 aromatic rings. The molecule has 0 aliphatic carbocycles. The Balaban J connectivity index is 3.84. The number of esters is 1. The average molecular weight is 621 g/mol. The molecule has 0 amide bonds. The first-order chi connectivity index (χ1) is 21.6. The van der Waals surface area contributed by atoms with Crippen LogP contribution in [-0.4, -0.2) is 23.1 Å². The Bertz CT molecular complexity index is 629. The van der Waals surface area contributed by atoms with Gasteiger partial charge >= 0.3 is 11.9 Å². The third kappa shape index (κ3) is 35.2. The van der Waals surface area contributed by atoms with Crippen molar-refractivity contribution < 1.29 is 19.4 Å². The predicted octanol–water partition coefficient (Wildman–Crippen LogP) is 13.5. The average Bonchev–Trinajstić information content (AvgIpc) is 3.01. The van der Waals surface area contributed by atoms with Crippen LogP contribution in [0.25, 0.3) is 0 Å². The standard InChI is InChI=1S/C40H76O4/c1-3-5-7-9-11-13-15-17-18-19-20-21-23-25-27-29-31-37-40(43)44-38(35-32-33-36-39(41)42)34-30-28-26-24-22-16-14-12-10-8-6-4-2/h17-18,38H,3-16,19-37H2,1-2H3,(H,41,42)/b18-17-. The van der Waals surface area contributed by atoms with Gasteiger partial charge in [0.1, 0.15) is 6.10 Å². The number of carboxylic acids is 1. The van der Waals surface area contributed by atoms with Gasteiger partial charge in [-0.05, 0) is 64.2 Å². The summed E-state index contributed by atoms with van der Waals surface area (Å²) in [6, 6.07) is 0. The number of unbranched alkanes of at least 4 members (excludes halogenated alkanes) is 25. The quantitative estimate of drug-likeness (QED) is 0.0430. The summed E-state index contributed by atoms with van der Waals surface area (Å²) in [6.45, 7) is 4.54. The zero-order valence-corrected chi connectivity index (χ0v) is 29.7. The van der Waals surface area contributed by atoms with Gasteiger partial charge in [-0.15, -0.1) is 0 Å². The van der Waals surface area contributed by atoms with Crippen LogP contribution in [0.1, 0.15) is 226 Å². The highest BCUT2D eigenvalue weighted by molar-refractivity contribution is 5.69. The maximum absolute atomic E-state index is 12.6. The number of hydrogen-bond acceptors (Lipinski definition) is 3. The number of hydrogen-bond donors (Lipinski definition) is 1. The second-order valence-corrected chi connectivity index (χ2v) is 13.5. The summed E-state index contributed by atoms with van der Waals surface area (Å²) in [5.74, 6) is -0.796. The van der Waals surface area contributed by atoms with Gasteiger partial charge in [0.15, 0.2) is 0 Å². The van der Waals surface area contributed by atoms with E-state index >= 15 is 0 Å². The first-order valence-electron chi connectivity index (χ1n) is 19.7. The molecule has 1 atom stereocenters. The summed E-state index contributed by atoms with van der Waals surface area (Å²) in [4.78, 5) is 23.4. The number of ether oxygens (including phenoxy) is 1. The van der Waals surface area contributed by atoms with Gasteiger partial charge in [-0.1, -0.05) is 161 Å². The van der Waals surface area contributed by atoms with Crippen LogP contribution in [0.5, 0.6) is 0 Å². The van der Waals surface area contributed by atoms with E-state index < -0.39 is 5.97 Å². The molecule has 0 aromatic heterocycles. The van der Waals surface area contributed by atoms with Crippen LogP contribution in [0, 0.1) is 0 Å². The summed E-state index contributed by atoms with van der Waals surface area (Å²) >= 11 is 0. The highest BCUT2D eigenvalue weighted by atomic mass is 16.5. The molecule has 0 bridgehead atoms. The van der Waals surface area contributed by atoms with Crippen LogP contribution >= 0.6 is 0 Å². The largest absolute Gasteiger partial charge is 0.481 e. The van der Waals surface area contributed by atoms with Gasteiger partial charge in [0.2, 0.25) is 0 Å². The van der Waals surface area contributed by atoms with E-state index in [1.165, 1.54) is 154 Å². The van der Waals surface area contributed by atoms with Crippen molar-refractivity contribution in [2.45, 2.75) is 232 Å². The first kappa shape index (κ1) is 42.7. The molecule has 0 fully saturated rings. The summed E-state index contributed by atoms with van der Waals surface area (Å²) < 4.78 is 5.89. The van der Waals surface area contributed by atoms with Crippen LogP contribution in [0.4, 0.5) is 0 Å². The Morgan fingerprint density at radius 1 is 0.477 bits per heavy atom. The minimum atomic E-state index is -0.741. The minimum Gasteiger partial charge on any atom is -0.481 e. The normalized spacial score (nSPS) is 12.2. The smallest absolute Gasteiger partial charge is 0.306 e. The molecule has 0 heterocycles. The molecule has 0 saturated heterocycles. The topological polar surface area (TPSA) is 63.6 Å². The van der Waals surface area contributed by atoms with E-state index in [4.69, 9.17) is 9.84 Å². The van der Waals surface area contributed by atoms with Gasteiger partial charge < -0.3 is 9.84 Å². The monoisotopic (exact) mass is 621 g/mol. The van der Waals surface area contributed by atoms with Crippen LogP contribution in [-0.2, 0) is 14.3 Å². The maximum Gasteiger partial charge on any atom is 0.306 e. The van der Waals surface area contributed by atoms with Crippen LogP contribution in [0.3, 0.4) is 0 Å². The Morgan fingerprint density at radius 3 is 1.25 bits per heavy atom. The van der Waals surface area contributed by atoms with Crippen molar-refractivity contribution in [1.29, 1.82) is 0 Å². The summed E-state index contributed by atoms with van der Waals surface area (Å²) in [5.41, 5.74) is 0.